The summed E-state index contributed by atoms with van der Waals surface area (Å²) in [5, 5.41) is 8.65. The first kappa shape index (κ1) is 15.6. The molecule has 0 aliphatic carbocycles. The van der Waals surface area contributed by atoms with Gasteiger partial charge in [0.2, 0.25) is 5.91 Å². The summed E-state index contributed by atoms with van der Waals surface area (Å²) in [6.07, 6.45) is 3.17. The van der Waals surface area contributed by atoms with Gasteiger partial charge in [0.05, 0.1) is 5.69 Å². The topological polar surface area (TPSA) is 40.5 Å². The minimum Gasteiger partial charge on any atom is -0.396 e. The SMILES string of the molecule is CC(=O)N(CCCCCCO)c1ccc(F)cc1F. The largest absolute Gasteiger partial charge is 0.396 e. The van der Waals surface area contributed by atoms with Crippen LogP contribution in [0, 0.1) is 11.6 Å². The zero-order chi connectivity index (χ0) is 14.3. The number of hydrogen-bond donors (Lipinski definition) is 1. The fraction of sp³-hybridized carbons (Fsp3) is 0.500. The average molecular weight is 271 g/mol. The lowest BCUT2D eigenvalue weighted by molar-refractivity contribution is -0.116. The minimum atomic E-state index is -0.731. The van der Waals surface area contributed by atoms with Gasteiger partial charge < -0.3 is 10.0 Å². The van der Waals surface area contributed by atoms with Crippen molar-refractivity contribution in [1.29, 1.82) is 0 Å². The number of hydrogen-bond acceptors (Lipinski definition) is 2. The maximum atomic E-state index is 13.6. The minimum absolute atomic E-state index is 0.107. The molecule has 1 aromatic rings. The van der Waals surface area contributed by atoms with E-state index < -0.39 is 11.6 Å². The second kappa shape index (κ2) is 7.84. The van der Waals surface area contributed by atoms with E-state index in [2.05, 4.69) is 0 Å². The molecular weight excluding hydrogens is 252 g/mol. The van der Waals surface area contributed by atoms with Crippen LogP contribution in [-0.2, 0) is 4.79 Å². The standard InChI is InChI=1S/C14H19F2NO2/c1-11(19)17(8-4-2-3-5-9-18)14-7-6-12(15)10-13(14)16/h6-7,10,18H,2-5,8-9H2,1H3. The first-order valence-corrected chi connectivity index (χ1v) is 6.40. The van der Waals surface area contributed by atoms with Crippen LogP contribution in [0.15, 0.2) is 18.2 Å². The second-order valence-corrected chi connectivity index (χ2v) is 4.40. The molecule has 0 heterocycles. The molecule has 0 bridgehead atoms. The third kappa shape index (κ3) is 4.95. The van der Waals surface area contributed by atoms with E-state index in [0.717, 1.165) is 37.8 Å². The number of carbonyl (C=O) groups is 1. The van der Waals surface area contributed by atoms with Crippen molar-refractivity contribution < 1.29 is 18.7 Å². The van der Waals surface area contributed by atoms with Gasteiger partial charge in [0.15, 0.2) is 0 Å². The molecule has 0 radical (unpaired) electrons. The third-order valence-electron chi connectivity index (χ3n) is 2.87. The molecular formula is C14H19F2NO2. The Morgan fingerprint density at radius 1 is 1.21 bits per heavy atom. The molecule has 1 aromatic carbocycles. The summed E-state index contributed by atoms with van der Waals surface area (Å²) in [5.74, 6) is -1.66. The number of rotatable bonds is 7. The van der Waals surface area contributed by atoms with E-state index in [4.69, 9.17) is 5.11 Å². The number of nitrogens with zero attached hydrogens (tertiary/aromatic N) is 1. The first-order valence-electron chi connectivity index (χ1n) is 6.40. The van der Waals surface area contributed by atoms with Crippen molar-refractivity contribution in [3.63, 3.8) is 0 Å². The molecule has 0 saturated heterocycles. The zero-order valence-electron chi connectivity index (χ0n) is 11.0. The summed E-state index contributed by atoms with van der Waals surface area (Å²) >= 11 is 0. The number of carbonyl (C=O) groups excluding carboxylic acids is 1. The predicted molar refractivity (Wildman–Crippen MR) is 69.9 cm³/mol. The molecule has 0 fully saturated rings. The Morgan fingerprint density at radius 3 is 2.47 bits per heavy atom. The lowest BCUT2D eigenvalue weighted by Crippen LogP contribution is -2.30. The van der Waals surface area contributed by atoms with E-state index in [-0.39, 0.29) is 18.2 Å². The second-order valence-electron chi connectivity index (χ2n) is 4.40. The van der Waals surface area contributed by atoms with Crippen molar-refractivity contribution in [2.24, 2.45) is 0 Å². The highest BCUT2D eigenvalue weighted by Crippen LogP contribution is 2.21. The molecule has 1 rings (SSSR count). The molecule has 0 aromatic heterocycles. The van der Waals surface area contributed by atoms with Gasteiger partial charge in [0.25, 0.3) is 0 Å². The number of benzene rings is 1. The molecule has 0 saturated carbocycles. The van der Waals surface area contributed by atoms with Gasteiger partial charge in [-0.15, -0.1) is 0 Å². The van der Waals surface area contributed by atoms with Gasteiger partial charge in [0.1, 0.15) is 11.6 Å². The number of aliphatic hydroxyl groups excluding tert-OH is 1. The van der Waals surface area contributed by atoms with Crippen LogP contribution in [-0.4, -0.2) is 24.2 Å². The van der Waals surface area contributed by atoms with Gasteiger partial charge in [0, 0.05) is 26.1 Å². The predicted octanol–water partition coefficient (Wildman–Crippen LogP) is 2.87. The van der Waals surface area contributed by atoms with Crippen molar-refractivity contribution in [3.05, 3.63) is 29.8 Å². The summed E-state index contributed by atoms with van der Waals surface area (Å²) in [5.41, 5.74) is 0.107. The first-order chi connectivity index (χ1) is 9.06. The smallest absolute Gasteiger partial charge is 0.223 e. The maximum Gasteiger partial charge on any atom is 0.223 e. The average Bonchev–Trinajstić information content (AvgIpc) is 2.35. The molecule has 5 heteroatoms. The number of aliphatic hydroxyl groups is 1. The fourth-order valence-electron chi connectivity index (χ4n) is 1.88. The highest BCUT2D eigenvalue weighted by molar-refractivity contribution is 5.91. The van der Waals surface area contributed by atoms with Gasteiger partial charge in [-0.2, -0.15) is 0 Å². The molecule has 0 aliphatic rings. The third-order valence-corrected chi connectivity index (χ3v) is 2.87. The van der Waals surface area contributed by atoms with E-state index in [1.165, 1.54) is 17.9 Å². The normalized spacial score (nSPS) is 10.5. The van der Waals surface area contributed by atoms with Gasteiger partial charge in [-0.25, -0.2) is 8.78 Å². The highest BCUT2D eigenvalue weighted by atomic mass is 19.1. The summed E-state index contributed by atoms with van der Waals surface area (Å²) in [4.78, 5) is 12.8. The number of unbranched alkanes of at least 4 members (excludes halogenated alkanes) is 3. The molecule has 0 atom stereocenters. The Bertz CT molecular complexity index is 424. The van der Waals surface area contributed by atoms with Crippen LogP contribution >= 0.6 is 0 Å². The van der Waals surface area contributed by atoms with Crippen molar-refractivity contribution >= 4 is 11.6 Å². The van der Waals surface area contributed by atoms with Crippen LogP contribution in [0.4, 0.5) is 14.5 Å². The van der Waals surface area contributed by atoms with Crippen LogP contribution < -0.4 is 4.90 Å². The van der Waals surface area contributed by atoms with E-state index in [9.17, 15) is 13.6 Å². The van der Waals surface area contributed by atoms with Crippen LogP contribution in [0.25, 0.3) is 0 Å². The van der Waals surface area contributed by atoms with Crippen LogP contribution in [0.1, 0.15) is 32.6 Å². The Balaban J connectivity index is 2.64. The lowest BCUT2D eigenvalue weighted by atomic mass is 10.2. The van der Waals surface area contributed by atoms with Gasteiger partial charge in [-0.1, -0.05) is 12.8 Å². The molecule has 1 amide bonds. The molecule has 0 unspecified atom stereocenters. The zero-order valence-corrected chi connectivity index (χ0v) is 11.0. The van der Waals surface area contributed by atoms with E-state index >= 15 is 0 Å². The summed E-state index contributed by atoms with van der Waals surface area (Å²) < 4.78 is 26.5. The van der Waals surface area contributed by atoms with E-state index in [1.54, 1.807) is 0 Å². The quantitative estimate of drug-likeness (QED) is 0.775. The Labute approximate surface area is 111 Å². The molecule has 0 spiro atoms. The van der Waals surface area contributed by atoms with Crippen LogP contribution in [0.3, 0.4) is 0 Å². The number of halogens is 2. The van der Waals surface area contributed by atoms with Crippen molar-refractivity contribution in [3.8, 4) is 0 Å². The molecule has 1 N–H and O–H groups in total. The fourth-order valence-corrected chi connectivity index (χ4v) is 1.88. The summed E-state index contributed by atoms with van der Waals surface area (Å²) in [7, 11) is 0. The maximum absolute atomic E-state index is 13.6. The van der Waals surface area contributed by atoms with Gasteiger partial charge in [-0.3, -0.25) is 4.79 Å². The monoisotopic (exact) mass is 271 g/mol. The number of amides is 1. The molecule has 0 aliphatic heterocycles. The van der Waals surface area contributed by atoms with Crippen LogP contribution in [0.2, 0.25) is 0 Å². The number of anilines is 1. The van der Waals surface area contributed by atoms with Crippen molar-refractivity contribution in [2.75, 3.05) is 18.1 Å². The van der Waals surface area contributed by atoms with E-state index in [0.29, 0.717) is 6.54 Å². The summed E-state index contributed by atoms with van der Waals surface area (Å²) in [6, 6.07) is 3.19. The van der Waals surface area contributed by atoms with Gasteiger partial charge in [-0.05, 0) is 25.0 Å². The van der Waals surface area contributed by atoms with Crippen LogP contribution in [0.5, 0.6) is 0 Å². The highest BCUT2D eigenvalue weighted by Gasteiger charge is 2.15. The Morgan fingerprint density at radius 2 is 1.89 bits per heavy atom. The van der Waals surface area contributed by atoms with Crippen molar-refractivity contribution in [2.45, 2.75) is 32.6 Å². The molecule has 106 valence electrons. The molecule has 19 heavy (non-hydrogen) atoms. The van der Waals surface area contributed by atoms with Gasteiger partial charge >= 0.3 is 0 Å². The lowest BCUT2D eigenvalue weighted by Gasteiger charge is -2.21. The Kier molecular flexibility index (Phi) is 6.42. The summed E-state index contributed by atoms with van der Waals surface area (Å²) in [6.45, 7) is 1.91. The van der Waals surface area contributed by atoms with Crippen molar-refractivity contribution in [1.82, 2.24) is 0 Å². The molecule has 3 nitrogen and oxygen atoms in total. The Hall–Kier alpha value is -1.49. The van der Waals surface area contributed by atoms with E-state index in [1.807, 2.05) is 0 Å².